The zero-order valence-electron chi connectivity index (χ0n) is 14.1. The Morgan fingerprint density at radius 1 is 1.36 bits per heavy atom. The molecule has 2 aromatic rings. The van der Waals surface area contributed by atoms with E-state index in [0.29, 0.717) is 26.4 Å². The average Bonchev–Trinajstić information content (AvgIpc) is 3.11. The van der Waals surface area contributed by atoms with Gasteiger partial charge in [0.1, 0.15) is 0 Å². The molecule has 0 unspecified atom stereocenters. The molecule has 0 bridgehead atoms. The van der Waals surface area contributed by atoms with Crippen LogP contribution in [0.15, 0.2) is 24.3 Å². The quantitative estimate of drug-likeness (QED) is 0.903. The lowest BCUT2D eigenvalue weighted by atomic mass is 9.97. The first-order valence-electron chi connectivity index (χ1n) is 8.87. The lowest BCUT2D eigenvalue weighted by molar-refractivity contribution is -0.127. The summed E-state index contributed by atoms with van der Waals surface area (Å²) < 4.78 is 12.1. The number of carbonyl (C=O) groups is 1. The van der Waals surface area contributed by atoms with E-state index in [2.05, 4.69) is 16.3 Å². The Hall–Kier alpha value is -1.70. The second-order valence-corrected chi connectivity index (χ2v) is 7.57. The maximum absolute atomic E-state index is 12.5. The van der Waals surface area contributed by atoms with Crippen molar-refractivity contribution < 1.29 is 14.3 Å². The number of nitrogens with one attached hydrogen (secondary N) is 1. The molecule has 1 amide bonds. The third-order valence-electron chi connectivity index (χ3n) is 4.73. The van der Waals surface area contributed by atoms with Crippen LogP contribution in [0.2, 0.25) is 0 Å². The summed E-state index contributed by atoms with van der Waals surface area (Å²) in [6.45, 7) is 4.02. The summed E-state index contributed by atoms with van der Waals surface area (Å²) in [6, 6.07) is 8.18. The number of amides is 1. The minimum atomic E-state index is -0.0262. The monoisotopic (exact) mass is 361 g/mol. The summed E-state index contributed by atoms with van der Waals surface area (Å²) in [4.78, 5) is 19.5. The standard InChI is InChI=1S/C18H23N3O3S/c22-17(19-10-14-12-23-8-9-24-14)13-4-3-7-21(11-13)18-20-15-5-1-2-6-16(15)25-18/h1-2,5-6,13-14H,3-4,7-12H2,(H,19,22)/t13-,14-/m0/s1. The highest BCUT2D eigenvalue weighted by Crippen LogP contribution is 2.31. The van der Waals surface area contributed by atoms with Crippen LogP contribution < -0.4 is 10.2 Å². The van der Waals surface area contributed by atoms with Gasteiger partial charge in [0, 0.05) is 19.6 Å². The van der Waals surface area contributed by atoms with Crippen LogP contribution in [0.4, 0.5) is 5.13 Å². The van der Waals surface area contributed by atoms with Crippen molar-refractivity contribution in [2.45, 2.75) is 18.9 Å². The number of piperidine rings is 1. The van der Waals surface area contributed by atoms with Crippen LogP contribution in [0.25, 0.3) is 10.2 Å². The normalized spacial score (nSPS) is 24.4. The minimum absolute atomic E-state index is 0.00488. The predicted octanol–water partition coefficient (Wildman–Crippen LogP) is 2.04. The van der Waals surface area contributed by atoms with Gasteiger partial charge in [0.05, 0.1) is 42.1 Å². The van der Waals surface area contributed by atoms with Gasteiger partial charge in [-0.15, -0.1) is 0 Å². The molecular weight excluding hydrogens is 338 g/mol. The summed E-state index contributed by atoms with van der Waals surface area (Å²) in [6.07, 6.45) is 1.91. The van der Waals surface area contributed by atoms with Crippen LogP contribution >= 0.6 is 11.3 Å². The van der Waals surface area contributed by atoms with Gasteiger partial charge in [-0.3, -0.25) is 4.79 Å². The molecule has 3 heterocycles. The molecule has 7 heteroatoms. The summed E-state index contributed by atoms with van der Waals surface area (Å²) in [5.41, 5.74) is 1.03. The van der Waals surface area contributed by atoms with Crippen LogP contribution in [0.3, 0.4) is 0 Å². The zero-order chi connectivity index (χ0) is 17.1. The molecule has 1 aromatic carbocycles. The second-order valence-electron chi connectivity index (χ2n) is 6.56. The molecule has 2 aliphatic heterocycles. The molecule has 2 aliphatic rings. The van der Waals surface area contributed by atoms with Gasteiger partial charge in [-0.05, 0) is 25.0 Å². The molecule has 0 saturated carbocycles. The summed E-state index contributed by atoms with van der Waals surface area (Å²) in [5.74, 6) is 0.116. The largest absolute Gasteiger partial charge is 0.376 e. The van der Waals surface area contributed by atoms with Crippen molar-refractivity contribution in [1.29, 1.82) is 0 Å². The van der Waals surface area contributed by atoms with Crippen LogP contribution in [0.1, 0.15) is 12.8 Å². The summed E-state index contributed by atoms with van der Waals surface area (Å²) in [7, 11) is 0. The molecule has 0 radical (unpaired) electrons. The number of para-hydroxylation sites is 1. The van der Waals surface area contributed by atoms with Crippen molar-refractivity contribution in [2.75, 3.05) is 44.4 Å². The highest BCUT2D eigenvalue weighted by Gasteiger charge is 2.28. The number of fused-ring (bicyclic) bond motifs is 1. The summed E-state index contributed by atoms with van der Waals surface area (Å²) >= 11 is 1.70. The second kappa shape index (κ2) is 7.68. The van der Waals surface area contributed by atoms with Crippen LogP contribution in [-0.2, 0) is 14.3 Å². The maximum Gasteiger partial charge on any atom is 0.224 e. The lowest BCUT2D eigenvalue weighted by Gasteiger charge is -2.32. The van der Waals surface area contributed by atoms with E-state index in [0.717, 1.165) is 36.6 Å². The van der Waals surface area contributed by atoms with Crippen molar-refractivity contribution in [3.05, 3.63) is 24.3 Å². The van der Waals surface area contributed by atoms with Crippen molar-refractivity contribution in [3.8, 4) is 0 Å². The molecule has 1 N–H and O–H groups in total. The first-order chi connectivity index (χ1) is 12.3. The number of nitrogens with zero attached hydrogens (tertiary/aromatic N) is 2. The first-order valence-corrected chi connectivity index (χ1v) is 9.69. The zero-order valence-corrected chi connectivity index (χ0v) is 15.0. The van der Waals surface area contributed by atoms with Crippen molar-refractivity contribution >= 4 is 32.6 Å². The van der Waals surface area contributed by atoms with E-state index in [4.69, 9.17) is 14.5 Å². The molecule has 0 aliphatic carbocycles. The molecule has 25 heavy (non-hydrogen) atoms. The Morgan fingerprint density at radius 2 is 2.28 bits per heavy atom. The maximum atomic E-state index is 12.5. The van der Waals surface area contributed by atoms with Gasteiger partial charge in [0.25, 0.3) is 0 Å². The number of thiazole rings is 1. The number of aromatic nitrogens is 1. The Balaban J connectivity index is 1.35. The van der Waals surface area contributed by atoms with Crippen LogP contribution in [0, 0.1) is 5.92 Å². The molecule has 0 spiro atoms. The molecule has 2 fully saturated rings. The van der Waals surface area contributed by atoms with Crippen LogP contribution in [0.5, 0.6) is 0 Å². The van der Waals surface area contributed by atoms with Gasteiger partial charge >= 0.3 is 0 Å². The van der Waals surface area contributed by atoms with E-state index in [1.165, 1.54) is 4.70 Å². The number of anilines is 1. The fraction of sp³-hybridized carbons (Fsp3) is 0.556. The van der Waals surface area contributed by atoms with E-state index in [1.54, 1.807) is 11.3 Å². The number of hydrogen-bond donors (Lipinski definition) is 1. The number of hydrogen-bond acceptors (Lipinski definition) is 6. The van der Waals surface area contributed by atoms with E-state index < -0.39 is 0 Å². The summed E-state index contributed by atoms with van der Waals surface area (Å²) in [5, 5.41) is 4.05. The highest BCUT2D eigenvalue weighted by atomic mass is 32.1. The SMILES string of the molecule is O=C(NC[C@H]1COCCO1)[C@H]1CCCN(c2nc3ccccc3s2)C1. The van der Waals surface area contributed by atoms with E-state index >= 15 is 0 Å². The predicted molar refractivity (Wildman–Crippen MR) is 98.1 cm³/mol. The fourth-order valence-corrected chi connectivity index (χ4v) is 4.37. The van der Waals surface area contributed by atoms with Gasteiger partial charge in [0.15, 0.2) is 5.13 Å². The van der Waals surface area contributed by atoms with Gasteiger partial charge in [-0.1, -0.05) is 23.5 Å². The molecule has 2 saturated heterocycles. The van der Waals surface area contributed by atoms with Gasteiger partial charge in [0.2, 0.25) is 5.91 Å². The highest BCUT2D eigenvalue weighted by molar-refractivity contribution is 7.22. The number of ether oxygens (including phenoxy) is 2. The molecule has 1 aromatic heterocycles. The fourth-order valence-electron chi connectivity index (χ4n) is 3.37. The van der Waals surface area contributed by atoms with Crippen molar-refractivity contribution in [2.24, 2.45) is 5.92 Å². The van der Waals surface area contributed by atoms with Crippen molar-refractivity contribution in [3.63, 3.8) is 0 Å². The smallest absolute Gasteiger partial charge is 0.224 e. The van der Waals surface area contributed by atoms with E-state index in [9.17, 15) is 4.79 Å². The van der Waals surface area contributed by atoms with Crippen LogP contribution in [-0.4, -0.2) is 56.5 Å². The Kier molecular flexibility index (Phi) is 5.14. The molecule has 4 rings (SSSR count). The molecule has 2 atom stereocenters. The minimum Gasteiger partial charge on any atom is -0.376 e. The van der Waals surface area contributed by atoms with Gasteiger partial charge in [-0.25, -0.2) is 4.98 Å². The third-order valence-corrected chi connectivity index (χ3v) is 5.83. The molecule has 6 nitrogen and oxygen atoms in total. The molecular formula is C18H23N3O3S. The number of rotatable bonds is 4. The topological polar surface area (TPSA) is 63.7 Å². The van der Waals surface area contributed by atoms with E-state index in [1.807, 2.05) is 18.2 Å². The lowest BCUT2D eigenvalue weighted by Crippen LogP contribution is -2.46. The van der Waals surface area contributed by atoms with E-state index in [-0.39, 0.29) is 17.9 Å². The van der Waals surface area contributed by atoms with Gasteiger partial charge in [-0.2, -0.15) is 0 Å². The Labute approximate surface area is 151 Å². The van der Waals surface area contributed by atoms with Gasteiger partial charge < -0.3 is 19.7 Å². The van der Waals surface area contributed by atoms with Crippen molar-refractivity contribution in [1.82, 2.24) is 10.3 Å². The third kappa shape index (κ3) is 3.94. The first kappa shape index (κ1) is 16.8. The average molecular weight is 361 g/mol. The number of benzene rings is 1. The molecule has 134 valence electrons. The number of carbonyl (C=O) groups excluding carboxylic acids is 1. The Morgan fingerprint density at radius 3 is 3.12 bits per heavy atom. The Bertz CT molecular complexity index is 696.